The highest BCUT2D eigenvalue weighted by atomic mass is 16.5. The second-order valence-electron chi connectivity index (χ2n) is 8.64. The van der Waals surface area contributed by atoms with Crippen LogP contribution in [0.5, 0.6) is 11.5 Å². The van der Waals surface area contributed by atoms with Crippen molar-refractivity contribution in [2.24, 2.45) is 7.05 Å². The highest BCUT2D eigenvalue weighted by Gasteiger charge is 2.21. The van der Waals surface area contributed by atoms with E-state index in [2.05, 4.69) is 36.2 Å². The summed E-state index contributed by atoms with van der Waals surface area (Å²) in [5.74, 6) is 1.88. The molecule has 1 heterocycles. The molecule has 0 aliphatic carbocycles. The zero-order valence-corrected chi connectivity index (χ0v) is 20.9. The maximum Gasteiger partial charge on any atom is 0.208 e. The van der Waals surface area contributed by atoms with Crippen LogP contribution in [0.4, 0.5) is 23.0 Å². The van der Waals surface area contributed by atoms with Crippen LogP contribution in [-0.4, -0.2) is 37.7 Å². The van der Waals surface area contributed by atoms with Crippen LogP contribution >= 0.6 is 0 Å². The Kier molecular flexibility index (Phi) is 6.61. The molecule has 7 nitrogen and oxygen atoms in total. The summed E-state index contributed by atoms with van der Waals surface area (Å²) in [5.41, 5.74) is 6.66. The second-order valence-corrected chi connectivity index (χ2v) is 8.64. The van der Waals surface area contributed by atoms with E-state index in [4.69, 9.17) is 22.3 Å². The van der Waals surface area contributed by atoms with E-state index in [1.807, 2.05) is 48.9 Å². The Balaban J connectivity index is 1.85. The van der Waals surface area contributed by atoms with Gasteiger partial charge in [0, 0.05) is 24.8 Å². The van der Waals surface area contributed by atoms with Crippen molar-refractivity contribution in [3.05, 3.63) is 59.7 Å². The van der Waals surface area contributed by atoms with E-state index in [0.717, 1.165) is 33.7 Å². The van der Waals surface area contributed by atoms with E-state index in [1.165, 1.54) is 0 Å². The standard InChI is InChI=1S/C27H28BN5O2/c1-16(2)33(20-11-10-18(15-29)23(14-20)34-5)22-9-7-8-21-26(22)32(4)27(30-21)31-25-17(3)12-19(28)13-24(25)35-6/h7-14,16H,1-6H3,(H,30,31). The quantitative estimate of drug-likeness (QED) is 0.393. The molecular weight excluding hydrogens is 437 g/mol. The molecule has 1 aromatic heterocycles. The third kappa shape index (κ3) is 4.37. The molecule has 4 aromatic rings. The summed E-state index contributed by atoms with van der Waals surface area (Å²) in [4.78, 5) is 7.09. The number of aromatic nitrogens is 2. The molecule has 35 heavy (non-hydrogen) atoms. The van der Waals surface area contributed by atoms with Gasteiger partial charge in [0.1, 0.15) is 25.4 Å². The molecule has 0 saturated carbocycles. The molecule has 0 saturated heterocycles. The largest absolute Gasteiger partial charge is 0.495 e. The molecule has 8 heteroatoms. The lowest BCUT2D eigenvalue weighted by Crippen LogP contribution is -2.26. The molecule has 0 unspecified atom stereocenters. The van der Waals surface area contributed by atoms with Crippen molar-refractivity contribution in [2.75, 3.05) is 24.4 Å². The maximum atomic E-state index is 9.40. The minimum Gasteiger partial charge on any atom is -0.495 e. The summed E-state index contributed by atoms with van der Waals surface area (Å²) in [6.45, 7) is 6.23. The second kappa shape index (κ2) is 9.63. The number of hydrogen-bond acceptors (Lipinski definition) is 6. The number of aryl methyl sites for hydroxylation is 2. The molecule has 0 atom stereocenters. The third-order valence-corrected chi connectivity index (χ3v) is 6.01. The molecule has 0 aliphatic rings. The molecule has 0 aliphatic heterocycles. The third-order valence-electron chi connectivity index (χ3n) is 6.01. The minimum atomic E-state index is 0.129. The van der Waals surface area contributed by atoms with Crippen molar-refractivity contribution in [2.45, 2.75) is 26.8 Å². The van der Waals surface area contributed by atoms with Crippen LogP contribution in [0.25, 0.3) is 11.0 Å². The number of hydrogen-bond donors (Lipinski definition) is 1. The Bertz CT molecular complexity index is 1440. The van der Waals surface area contributed by atoms with Gasteiger partial charge in [0.05, 0.1) is 42.2 Å². The van der Waals surface area contributed by atoms with Crippen LogP contribution < -0.4 is 25.2 Å². The van der Waals surface area contributed by atoms with Crippen molar-refractivity contribution in [1.82, 2.24) is 9.55 Å². The molecule has 2 radical (unpaired) electrons. The number of para-hydroxylation sites is 1. The van der Waals surface area contributed by atoms with Crippen molar-refractivity contribution < 1.29 is 9.47 Å². The number of nitrogens with one attached hydrogen (secondary N) is 1. The number of fused-ring (bicyclic) bond motifs is 1. The van der Waals surface area contributed by atoms with Crippen LogP contribution in [0.2, 0.25) is 0 Å². The van der Waals surface area contributed by atoms with Crippen LogP contribution in [-0.2, 0) is 7.05 Å². The fourth-order valence-electron chi connectivity index (χ4n) is 4.41. The number of benzene rings is 3. The fourth-order valence-corrected chi connectivity index (χ4v) is 4.41. The smallest absolute Gasteiger partial charge is 0.208 e. The van der Waals surface area contributed by atoms with Crippen LogP contribution in [0.1, 0.15) is 25.0 Å². The lowest BCUT2D eigenvalue weighted by Gasteiger charge is -2.30. The number of nitrogens with zero attached hydrogens (tertiary/aromatic N) is 4. The summed E-state index contributed by atoms with van der Waals surface area (Å²) in [5, 5.41) is 12.8. The fraction of sp³-hybridized carbons (Fsp3) is 0.259. The number of imidazole rings is 1. The summed E-state index contributed by atoms with van der Waals surface area (Å²) < 4.78 is 13.1. The van der Waals surface area contributed by atoms with Crippen LogP contribution in [0.3, 0.4) is 0 Å². The van der Waals surface area contributed by atoms with E-state index in [-0.39, 0.29) is 6.04 Å². The van der Waals surface area contributed by atoms with Crippen molar-refractivity contribution >= 4 is 47.4 Å². The van der Waals surface area contributed by atoms with E-state index < -0.39 is 0 Å². The lowest BCUT2D eigenvalue weighted by atomic mass is 9.93. The van der Waals surface area contributed by atoms with Gasteiger partial charge in [0.2, 0.25) is 5.95 Å². The van der Waals surface area contributed by atoms with E-state index >= 15 is 0 Å². The topological polar surface area (TPSA) is 75.3 Å². The zero-order chi connectivity index (χ0) is 25.3. The number of nitriles is 1. The number of rotatable bonds is 7. The summed E-state index contributed by atoms with van der Waals surface area (Å²) in [7, 11) is 11.2. The maximum absolute atomic E-state index is 9.40. The van der Waals surface area contributed by atoms with Gasteiger partial charge in [0.25, 0.3) is 0 Å². The Morgan fingerprint density at radius 1 is 1.09 bits per heavy atom. The summed E-state index contributed by atoms with van der Waals surface area (Å²) >= 11 is 0. The molecular formula is C27H28BN5O2. The monoisotopic (exact) mass is 465 g/mol. The molecule has 4 rings (SSSR count). The van der Waals surface area contributed by atoms with Gasteiger partial charge in [-0.2, -0.15) is 5.26 Å². The highest BCUT2D eigenvalue weighted by molar-refractivity contribution is 6.32. The normalized spacial score (nSPS) is 10.9. The predicted octanol–water partition coefficient (Wildman–Crippen LogP) is 4.85. The van der Waals surface area contributed by atoms with Gasteiger partial charge < -0.3 is 24.3 Å². The highest BCUT2D eigenvalue weighted by Crippen LogP contribution is 2.38. The molecule has 1 N–H and O–H groups in total. The average Bonchev–Trinajstić information content (AvgIpc) is 3.16. The summed E-state index contributed by atoms with van der Waals surface area (Å²) in [6.07, 6.45) is 0. The first-order valence-electron chi connectivity index (χ1n) is 11.3. The molecule has 0 fully saturated rings. The number of anilines is 4. The van der Waals surface area contributed by atoms with Gasteiger partial charge >= 0.3 is 0 Å². The molecule has 3 aromatic carbocycles. The SMILES string of the molecule is [B]c1cc(C)c(Nc2nc3cccc(N(c4ccc(C#N)c(OC)c4)C(C)C)c3n2C)c(OC)c1. The molecule has 0 spiro atoms. The van der Waals surface area contributed by atoms with Gasteiger partial charge in [-0.25, -0.2) is 4.98 Å². The van der Waals surface area contributed by atoms with Gasteiger partial charge in [-0.3, -0.25) is 0 Å². The lowest BCUT2D eigenvalue weighted by molar-refractivity contribution is 0.413. The van der Waals surface area contributed by atoms with Crippen LogP contribution in [0.15, 0.2) is 48.5 Å². The van der Waals surface area contributed by atoms with Gasteiger partial charge in [-0.15, -0.1) is 0 Å². The Morgan fingerprint density at radius 3 is 2.49 bits per heavy atom. The Labute approximate surface area is 207 Å². The van der Waals surface area contributed by atoms with Crippen molar-refractivity contribution in [1.29, 1.82) is 5.26 Å². The van der Waals surface area contributed by atoms with Gasteiger partial charge in [-0.05, 0) is 56.7 Å². The molecule has 0 bridgehead atoms. The molecule has 0 amide bonds. The van der Waals surface area contributed by atoms with E-state index in [1.54, 1.807) is 26.4 Å². The minimum absolute atomic E-state index is 0.129. The van der Waals surface area contributed by atoms with Crippen LogP contribution in [0, 0.1) is 18.3 Å². The predicted molar refractivity (Wildman–Crippen MR) is 142 cm³/mol. The Hall–Kier alpha value is -4.12. The van der Waals surface area contributed by atoms with E-state index in [9.17, 15) is 5.26 Å². The summed E-state index contributed by atoms with van der Waals surface area (Å²) in [6, 6.07) is 17.7. The Morgan fingerprint density at radius 2 is 1.83 bits per heavy atom. The van der Waals surface area contributed by atoms with Crippen molar-refractivity contribution in [3.63, 3.8) is 0 Å². The first kappa shape index (κ1) is 24.0. The first-order valence-corrected chi connectivity index (χ1v) is 11.3. The average molecular weight is 465 g/mol. The van der Waals surface area contributed by atoms with Gasteiger partial charge in [-0.1, -0.05) is 17.6 Å². The zero-order valence-electron chi connectivity index (χ0n) is 20.9. The number of ether oxygens (including phenoxy) is 2. The number of methoxy groups -OCH3 is 2. The van der Waals surface area contributed by atoms with Crippen molar-refractivity contribution in [3.8, 4) is 17.6 Å². The first-order chi connectivity index (χ1) is 16.8. The van der Waals surface area contributed by atoms with E-state index in [0.29, 0.717) is 28.5 Å². The molecule has 176 valence electrons. The van der Waals surface area contributed by atoms with Gasteiger partial charge in [0.15, 0.2) is 0 Å².